The Hall–Kier alpha value is -1.88. The molecule has 0 aliphatic carbocycles. The third-order valence-corrected chi connectivity index (χ3v) is 4.45. The minimum atomic E-state index is -0.783. The fraction of sp³-hybridized carbons (Fsp3) is 0.333. The van der Waals surface area contributed by atoms with E-state index in [1.54, 1.807) is 11.3 Å². The van der Waals surface area contributed by atoms with Gasteiger partial charge in [-0.05, 0) is 18.1 Å². The summed E-state index contributed by atoms with van der Waals surface area (Å²) in [6.45, 7) is 0.642. The lowest BCUT2D eigenvalue weighted by atomic mass is 9.97. The van der Waals surface area contributed by atoms with Crippen molar-refractivity contribution in [2.75, 3.05) is 6.61 Å². The highest BCUT2D eigenvalue weighted by atomic mass is 32.1. The Bertz CT molecular complexity index is 623. The predicted octanol–water partition coefficient (Wildman–Crippen LogP) is 2.88. The molecular weight excluding hydrogens is 274 g/mol. The average Bonchev–Trinajstić information content (AvgIpc) is 2.93. The van der Waals surface area contributed by atoms with E-state index in [1.165, 1.54) is 5.56 Å². The molecule has 0 spiro atoms. The molecule has 1 aromatic heterocycles. The second-order valence-corrected chi connectivity index (χ2v) is 5.78. The molecule has 2 aromatic rings. The molecule has 0 saturated carbocycles. The highest BCUT2D eigenvalue weighted by Gasteiger charge is 2.23. The number of rotatable bonds is 4. The summed E-state index contributed by atoms with van der Waals surface area (Å²) in [6, 6.07) is 8.07. The van der Waals surface area contributed by atoms with Crippen molar-refractivity contribution < 1.29 is 14.6 Å². The van der Waals surface area contributed by atoms with Crippen LogP contribution in [0.4, 0.5) is 0 Å². The van der Waals surface area contributed by atoms with E-state index in [9.17, 15) is 4.79 Å². The summed E-state index contributed by atoms with van der Waals surface area (Å²) in [7, 11) is 0. The second-order valence-electron chi connectivity index (χ2n) is 4.89. The van der Waals surface area contributed by atoms with Crippen LogP contribution in [-0.2, 0) is 17.6 Å². The van der Waals surface area contributed by atoms with Crippen molar-refractivity contribution >= 4 is 17.3 Å². The van der Waals surface area contributed by atoms with E-state index >= 15 is 0 Å². The van der Waals surface area contributed by atoms with Crippen LogP contribution >= 0.6 is 11.3 Å². The molecule has 1 aliphatic rings. The Labute approximate surface area is 121 Å². The minimum absolute atomic E-state index is 0.132. The molecule has 1 unspecified atom stereocenters. The van der Waals surface area contributed by atoms with Gasteiger partial charge in [0.2, 0.25) is 0 Å². The maximum absolute atomic E-state index is 10.6. The molecule has 1 aliphatic heterocycles. The third-order valence-electron chi connectivity index (χ3n) is 3.39. The first-order chi connectivity index (χ1) is 9.72. The Morgan fingerprint density at radius 1 is 1.45 bits per heavy atom. The van der Waals surface area contributed by atoms with Gasteiger partial charge in [-0.1, -0.05) is 18.2 Å². The number of carboxylic acid groups (broad SMARTS) is 1. The number of carboxylic acids is 1. The van der Waals surface area contributed by atoms with Crippen LogP contribution in [0.3, 0.4) is 0 Å². The molecule has 20 heavy (non-hydrogen) atoms. The maximum atomic E-state index is 10.6. The van der Waals surface area contributed by atoms with Gasteiger partial charge in [0.15, 0.2) is 0 Å². The molecule has 0 saturated heterocycles. The predicted molar refractivity (Wildman–Crippen MR) is 76.5 cm³/mol. The number of hydrogen-bond acceptors (Lipinski definition) is 4. The van der Waals surface area contributed by atoms with Crippen LogP contribution < -0.4 is 4.74 Å². The van der Waals surface area contributed by atoms with E-state index < -0.39 is 5.97 Å². The summed E-state index contributed by atoms with van der Waals surface area (Å²) < 4.78 is 5.77. The molecule has 2 heterocycles. The third kappa shape index (κ3) is 2.82. The molecule has 4 nitrogen and oxygen atoms in total. The summed E-state index contributed by atoms with van der Waals surface area (Å²) >= 11 is 1.60. The molecule has 1 N–H and O–H groups in total. The number of carbonyl (C=O) groups is 1. The molecule has 0 fully saturated rings. The van der Waals surface area contributed by atoms with Crippen LogP contribution in [0.25, 0.3) is 0 Å². The lowest BCUT2D eigenvalue weighted by Crippen LogP contribution is -2.19. The Balaban J connectivity index is 1.70. The number of benzene rings is 1. The molecule has 3 rings (SSSR count). The van der Waals surface area contributed by atoms with Gasteiger partial charge in [-0.3, -0.25) is 4.79 Å². The summed E-state index contributed by atoms with van der Waals surface area (Å²) in [6.07, 6.45) is 1.56. The zero-order chi connectivity index (χ0) is 13.9. The fourth-order valence-corrected chi connectivity index (χ4v) is 3.29. The standard InChI is InChI=1S/C15H15NO3S/c17-14(18)6-5-12-9-20-15(16-12)11-7-10-3-1-2-4-13(10)19-8-11/h1-4,9,11H,5-8H2,(H,17,18). The van der Waals surface area contributed by atoms with Crippen molar-refractivity contribution in [3.05, 3.63) is 45.9 Å². The van der Waals surface area contributed by atoms with Crippen molar-refractivity contribution in [2.24, 2.45) is 0 Å². The van der Waals surface area contributed by atoms with Gasteiger partial charge in [-0.2, -0.15) is 0 Å². The maximum Gasteiger partial charge on any atom is 0.303 e. The molecule has 104 valence electrons. The zero-order valence-electron chi connectivity index (χ0n) is 10.9. The van der Waals surface area contributed by atoms with E-state index in [-0.39, 0.29) is 12.3 Å². The van der Waals surface area contributed by atoms with Gasteiger partial charge in [0.1, 0.15) is 5.75 Å². The normalized spacial score (nSPS) is 17.3. The number of nitrogens with zero attached hydrogens (tertiary/aromatic N) is 1. The Morgan fingerprint density at radius 2 is 2.30 bits per heavy atom. The largest absolute Gasteiger partial charge is 0.493 e. The number of para-hydroxylation sites is 1. The van der Waals surface area contributed by atoms with Gasteiger partial charge < -0.3 is 9.84 Å². The fourth-order valence-electron chi connectivity index (χ4n) is 2.35. The topological polar surface area (TPSA) is 59.4 Å². The van der Waals surface area contributed by atoms with Gasteiger partial charge >= 0.3 is 5.97 Å². The van der Waals surface area contributed by atoms with E-state index in [0.717, 1.165) is 22.9 Å². The van der Waals surface area contributed by atoms with E-state index in [1.807, 2.05) is 23.6 Å². The van der Waals surface area contributed by atoms with E-state index in [2.05, 4.69) is 11.1 Å². The smallest absolute Gasteiger partial charge is 0.303 e. The monoisotopic (exact) mass is 289 g/mol. The van der Waals surface area contributed by atoms with Crippen LogP contribution in [0, 0.1) is 0 Å². The lowest BCUT2D eigenvalue weighted by molar-refractivity contribution is -0.136. The lowest BCUT2D eigenvalue weighted by Gasteiger charge is -2.23. The number of ether oxygens (including phenoxy) is 1. The zero-order valence-corrected chi connectivity index (χ0v) is 11.7. The highest BCUT2D eigenvalue weighted by molar-refractivity contribution is 7.09. The Morgan fingerprint density at radius 3 is 3.15 bits per heavy atom. The summed E-state index contributed by atoms with van der Waals surface area (Å²) in [5.74, 6) is 0.453. The van der Waals surface area contributed by atoms with E-state index in [0.29, 0.717) is 13.0 Å². The van der Waals surface area contributed by atoms with Gasteiger partial charge in [0.25, 0.3) is 0 Å². The van der Waals surface area contributed by atoms with Crippen molar-refractivity contribution in [3.8, 4) is 5.75 Å². The number of fused-ring (bicyclic) bond motifs is 1. The van der Waals surface area contributed by atoms with Crippen molar-refractivity contribution in [1.29, 1.82) is 0 Å². The minimum Gasteiger partial charge on any atom is -0.493 e. The highest BCUT2D eigenvalue weighted by Crippen LogP contribution is 2.33. The molecule has 0 bridgehead atoms. The number of hydrogen-bond donors (Lipinski definition) is 1. The molecule has 5 heteroatoms. The van der Waals surface area contributed by atoms with Crippen LogP contribution in [0.2, 0.25) is 0 Å². The summed E-state index contributed by atoms with van der Waals surface area (Å²) in [5, 5.41) is 11.7. The molecular formula is C15H15NO3S. The molecule has 1 aromatic carbocycles. The SMILES string of the molecule is O=C(O)CCc1csc(C2COc3ccccc3C2)n1. The van der Waals surface area contributed by atoms with Gasteiger partial charge in [-0.15, -0.1) is 11.3 Å². The molecule has 1 atom stereocenters. The number of aromatic nitrogens is 1. The van der Waals surface area contributed by atoms with Crippen LogP contribution in [-0.4, -0.2) is 22.7 Å². The van der Waals surface area contributed by atoms with Crippen LogP contribution in [0.15, 0.2) is 29.6 Å². The average molecular weight is 289 g/mol. The van der Waals surface area contributed by atoms with Crippen molar-refractivity contribution in [2.45, 2.75) is 25.2 Å². The van der Waals surface area contributed by atoms with Crippen LogP contribution in [0.1, 0.15) is 28.6 Å². The summed E-state index contributed by atoms with van der Waals surface area (Å²) in [4.78, 5) is 15.1. The van der Waals surface area contributed by atoms with Crippen LogP contribution in [0.5, 0.6) is 5.75 Å². The first-order valence-corrected chi connectivity index (χ1v) is 7.47. The number of aliphatic carboxylic acids is 1. The number of thiazole rings is 1. The van der Waals surface area contributed by atoms with Gasteiger partial charge in [0.05, 0.1) is 23.7 Å². The van der Waals surface area contributed by atoms with Gasteiger partial charge in [-0.25, -0.2) is 4.98 Å². The quantitative estimate of drug-likeness (QED) is 0.940. The second kappa shape index (κ2) is 5.63. The van der Waals surface area contributed by atoms with Gasteiger partial charge in [0, 0.05) is 17.7 Å². The Kier molecular flexibility index (Phi) is 3.69. The first-order valence-electron chi connectivity index (χ1n) is 6.59. The van der Waals surface area contributed by atoms with Crippen molar-refractivity contribution in [1.82, 2.24) is 4.98 Å². The van der Waals surface area contributed by atoms with E-state index in [4.69, 9.17) is 9.84 Å². The molecule has 0 radical (unpaired) electrons. The first kappa shape index (κ1) is 13.1. The molecule has 0 amide bonds. The van der Waals surface area contributed by atoms with Crippen molar-refractivity contribution in [3.63, 3.8) is 0 Å². The number of aryl methyl sites for hydroxylation is 1. The summed E-state index contributed by atoms with van der Waals surface area (Å²) in [5.41, 5.74) is 2.08.